The maximum absolute atomic E-state index is 12.3. The molecule has 1 heterocycles. The average molecular weight is 329 g/mol. The Morgan fingerprint density at radius 3 is 2.71 bits per heavy atom. The summed E-state index contributed by atoms with van der Waals surface area (Å²) in [5.74, 6) is -0.594. The van der Waals surface area contributed by atoms with Gasteiger partial charge in [0.15, 0.2) is 0 Å². The summed E-state index contributed by atoms with van der Waals surface area (Å²) in [7, 11) is 1.28. The summed E-state index contributed by atoms with van der Waals surface area (Å²) in [4.78, 5) is 14.0. The van der Waals surface area contributed by atoms with Crippen molar-refractivity contribution in [2.75, 3.05) is 13.7 Å². The lowest BCUT2D eigenvalue weighted by Gasteiger charge is -2.40. The Bertz CT molecular complexity index is 697. The lowest BCUT2D eigenvalue weighted by Crippen LogP contribution is -2.50. The summed E-state index contributed by atoms with van der Waals surface area (Å²) in [6, 6.07) is 2.05. The van der Waals surface area contributed by atoms with Gasteiger partial charge < -0.3 is 14.7 Å². The molecule has 1 aliphatic heterocycles. The zero-order chi connectivity index (χ0) is 17.9. The van der Waals surface area contributed by atoms with E-state index in [9.17, 15) is 15.2 Å². The standard InChI is InChI=1S/C18H23N3O3/c1-4-5-6-7-8-21-16(20)13(11-19)14-9-12(22)10-15(17(23)24-3)18(14,21)2/h9-10,20,22H,4-8H2,1-3H3. The maximum atomic E-state index is 12.3. The van der Waals surface area contributed by atoms with Crippen molar-refractivity contribution in [2.24, 2.45) is 0 Å². The molecule has 0 aromatic rings. The quantitative estimate of drug-likeness (QED) is 0.576. The van der Waals surface area contributed by atoms with E-state index in [4.69, 9.17) is 10.1 Å². The van der Waals surface area contributed by atoms with Gasteiger partial charge in [-0.2, -0.15) is 5.26 Å². The number of unbranched alkanes of at least 4 members (excludes halogenated alkanes) is 3. The number of esters is 1. The monoisotopic (exact) mass is 329 g/mol. The SMILES string of the molecule is CCCCCCN1C(=N)C(C#N)=C2C=C(O)C=C(C(=O)OC)C21C. The lowest BCUT2D eigenvalue weighted by molar-refractivity contribution is -0.137. The van der Waals surface area contributed by atoms with E-state index in [2.05, 4.69) is 6.92 Å². The number of allylic oxidation sites excluding steroid dienone is 1. The van der Waals surface area contributed by atoms with Crippen LogP contribution in [0.2, 0.25) is 0 Å². The molecule has 0 radical (unpaired) electrons. The number of carbonyl (C=O) groups is 1. The highest BCUT2D eigenvalue weighted by Gasteiger charge is 2.51. The Labute approximate surface area is 142 Å². The van der Waals surface area contributed by atoms with Gasteiger partial charge in [-0.3, -0.25) is 5.41 Å². The van der Waals surface area contributed by atoms with Crippen LogP contribution in [-0.2, 0) is 9.53 Å². The number of aliphatic hydroxyl groups is 1. The predicted octanol–water partition coefficient (Wildman–Crippen LogP) is 2.99. The van der Waals surface area contributed by atoms with Crippen molar-refractivity contribution in [1.82, 2.24) is 4.90 Å². The largest absolute Gasteiger partial charge is 0.508 e. The Morgan fingerprint density at radius 2 is 2.12 bits per heavy atom. The van der Waals surface area contributed by atoms with Crippen molar-refractivity contribution in [1.29, 1.82) is 10.7 Å². The van der Waals surface area contributed by atoms with Crippen molar-refractivity contribution in [2.45, 2.75) is 45.1 Å². The highest BCUT2D eigenvalue weighted by atomic mass is 16.5. The van der Waals surface area contributed by atoms with E-state index >= 15 is 0 Å². The Kier molecular flexibility index (Phi) is 5.13. The van der Waals surface area contributed by atoms with Crippen LogP contribution >= 0.6 is 0 Å². The number of amidine groups is 1. The van der Waals surface area contributed by atoms with Gasteiger partial charge in [0.1, 0.15) is 17.7 Å². The number of carbonyl (C=O) groups excluding carboxylic acids is 1. The van der Waals surface area contributed by atoms with Crippen molar-refractivity contribution in [3.05, 3.63) is 34.6 Å². The minimum Gasteiger partial charge on any atom is -0.508 e. The Morgan fingerprint density at radius 1 is 1.42 bits per heavy atom. The van der Waals surface area contributed by atoms with Gasteiger partial charge >= 0.3 is 5.97 Å². The van der Waals surface area contributed by atoms with Crippen molar-refractivity contribution < 1.29 is 14.6 Å². The highest BCUT2D eigenvalue weighted by molar-refractivity contribution is 6.08. The molecule has 1 unspecified atom stereocenters. The van der Waals surface area contributed by atoms with Crippen LogP contribution < -0.4 is 0 Å². The molecule has 0 aromatic heterocycles. The van der Waals surface area contributed by atoms with E-state index in [1.54, 1.807) is 11.8 Å². The van der Waals surface area contributed by atoms with Gasteiger partial charge in [-0.25, -0.2) is 4.79 Å². The summed E-state index contributed by atoms with van der Waals surface area (Å²) >= 11 is 0. The molecule has 2 N–H and O–H groups in total. The molecule has 1 aliphatic carbocycles. The van der Waals surface area contributed by atoms with E-state index in [0.29, 0.717) is 12.1 Å². The van der Waals surface area contributed by atoms with Gasteiger partial charge in [0.2, 0.25) is 0 Å². The number of hydrogen-bond acceptors (Lipinski definition) is 5. The van der Waals surface area contributed by atoms with Gasteiger partial charge in [-0.1, -0.05) is 26.2 Å². The number of ether oxygens (including phenoxy) is 1. The number of hydrogen-bond donors (Lipinski definition) is 2. The molecule has 0 aromatic carbocycles. The minimum atomic E-state index is -0.965. The molecule has 0 spiro atoms. The highest BCUT2D eigenvalue weighted by Crippen LogP contribution is 2.45. The Hall–Kier alpha value is -2.55. The first-order chi connectivity index (χ1) is 11.4. The number of rotatable bonds is 6. The number of nitriles is 1. The predicted molar refractivity (Wildman–Crippen MR) is 90.4 cm³/mol. The van der Waals surface area contributed by atoms with Crippen LogP contribution in [0, 0.1) is 16.7 Å². The second kappa shape index (κ2) is 6.91. The van der Waals surface area contributed by atoms with Gasteiger partial charge in [0, 0.05) is 12.1 Å². The molecule has 0 bridgehead atoms. The Balaban J connectivity index is 2.46. The fourth-order valence-electron chi connectivity index (χ4n) is 3.37. The summed E-state index contributed by atoms with van der Waals surface area (Å²) in [6.45, 7) is 4.49. The van der Waals surface area contributed by atoms with Crippen molar-refractivity contribution in [3.63, 3.8) is 0 Å². The second-order valence-corrected chi connectivity index (χ2v) is 6.15. The number of aliphatic hydroxyl groups excluding tert-OH is 1. The van der Waals surface area contributed by atoms with E-state index in [1.807, 2.05) is 6.07 Å². The van der Waals surface area contributed by atoms with E-state index in [0.717, 1.165) is 25.7 Å². The van der Waals surface area contributed by atoms with Crippen LogP contribution in [-0.4, -0.2) is 41.0 Å². The van der Waals surface area contributed by atoms with Crippen LogP contribution in [0.1, 0.15) is 39.5 Å². The maximum Gasteiger partial charge on any atom is 0.336 e. The molecule has 2 aliphatic rings. The van der Waals surface area contributed by atoms with Gasteiger partial charge in [0.05, 0.1) is 23.8 Å². The minimum absolute atomic E-state index is 0.0900. The van der Waals surface area contributed by atoms with Crippen LogP contribution in [0.25, 0.3) is 0 Å². The number of methoxy groups -OCH3 is 1. The normalized spacial score (nSPS) is 22.8. The molecule has 0 saturated heterocycles. The molecule has 6 heteroatoms. The smallest absolute Gasteiger partial charge is 0.336 e. The fourth-order valence-corrected chi connectivity index (χ4v) is 3.37. The second-order valence-electron chi connectivity index (χ2n) is 6.15. The topological polar surface area (TPSA) is 97.4 Å². The molecule has 2 rings (SSSR count). The zero-order valence-electron chi connectivity index (χ0n) is 14.3. The molecule has 1 atom stereocenters. The van der Waals surface area contributed by atoms with E-state index in [1.165, 1.54) is 19.3 Å². The molecular formula is C18H23N3O3. The van der Waals surface area contributed by atoms with Crippen molar-refractivity contribution in [3.8, 4) is 6.07 Å². The third-order valence-electron chi connectivity index (χ3n) is 4.70. The molecule has 6 nitrogen and oxygen atoms in total. The van der Waals surface area contributed by atoms with Crippen molar-refractivity contribution >= 4 is 11.8 Å². The number of fused-ring (bicyclic) bond motifs is 1. The molecule has 0 amide bonds. The first kappa shape index (κ1) is 17.8. The zero-order valence-corrected chi connectivity index (χ0v) is 14.3. The number of nitrogens with zero attached hydrogens (tertiary/aromatic N) is 2. The van der Waals surface area contributed by atoms with E-state index < -0.39 is 11.5 Å². The fraction of sp³-hybridized carbons (Fsp3) is 0.500. The molecule has 0 saturated carbocycles. The average Bonchev–Trinajstić information content (AvgIpc) is 2.77. The summed E-state index contributed by atoms with van der Waals surface area (Å²) in [5, 5.41) is 27.8. The third-order valence-corrected chi connectivity index (χ3v) is 4.70. The summed E-state index contributed by atoms with van der Waals surface area (Å²) in [6.07, 6.45) is 6.91. The molecule has 128 valence electrons. The number of nitrogens with one attached hydrogen (secondary N) is 1. The summed E-state index contributed by atoms with van der Waals surface area (Å²) in [5.41, 5.74) is -0.0568. The lowest BCUT2D eigenvalue weighted by atomic mass is 9.79. The van der Waals surface area contributed by atoms with Crippen LogP contribution in [0.4, 0.5) is 0 Å². The van der Waals surface area contributed by atoms with Gasteiger partial charge in [-0.15, -0.1) is 0 Å². The third kappa shape index (κ3) is 2.71. The molecular weight excluding hydrogens is 306 g/mol. The van der Waals surface area contributed by atoms with Gasteiger partial charge in [-0.05, 0) is 25.5 Å². The summed E-state index contributed by atoms with van der Waals surface area (Å²) < 4.78 is 4.86. The molecule has 24 heavy (non-hydrogen) atoms. The van der Waals surface area contributed by atoms with Crippen LogP contribution in [0.15, 0.2) is 34.6 Å². The molecule has 0 fully saturated rings. The van der Waals surface area contributed by atoms with Crippen LogP contribution in [0.5, 0.6) is 0 Å². The van der Waals surface area contributed by atoms with Crippen LogP contribution in [0.3, 0.4) is 0 Å². The first-order valence-electron chi connectivity index (χ1n) is 8.14. The van der Waals surface area contributed by atoms with E-state index in [-0.39, 0.29) is 22.7 Å². The van der Waals surface area contributed by atoms with Gasteiger partial charge in [0.25, 0.3) is 0 Å². The first-order valence-corrected chi connectivity index (χ1v) is 8.14.